The first-order valence-electron chi connectivity index (χ1n) is 8.17. The van der Waals surface area contributed by atoms with E-state index in [9.17, 15) is 19.3 Å². The molecule has 144 valence electrons. The zero-order valence-electron chi connectivity index (χ0n) is 14.5. The summed E-state index contributed by atoms with van der Waals surface area (Å²) in [5, 5.41) is 19.6. The van der Waals surface area contributed by atoms with E-state index in [1.807, 2.05) is 0 Å². The zero-order valence-corrected chi connectivity index (χ0v) is 14.5. The van der Waals surface area contributed by atoms with Crippen LogP contribution in [0.3, 0.4) is 0 Å². The van der Waals surface area contributed by atoms with Crippen molar-refractivity contribution < 1.29 is 14.1 Å². The fourth-order valence-electron chi connectivity index (χ4n) is 2.60. The largest absolute Gasteiger partial charge is 0.357 e. The van der Waals surface area contributed by atoms with E-state index in [0.29, 0.717) is 11.0 Å². The molecule has 0 unspecified atom stereocenters. The number of para-hydroxylation sites is 1. The van der Waals surface area contributed by atoms with E-state index >= 15 is 0 Å². The number of hydrogen-bond acceptors (Lipinski definition) is 8. The van der Waals surface area contributed by atoms with Crippen LogP contribution < -0.4 is 10.9 Å². The summed E-state index contributed by atoms with van der Waals surface area (Å²) in [5.74, 6) is -1.51. The predicted molar refractivity (Wildman–Crippen MR) is 98.6 cm³/mol. The highest BCUT2D eigenvalue weighted by Crippen LogP contribution is 2.28. The first-order valence-corrected chi connectivity index (χ1v) is 8.17. The van der Waals surface area contributed by atoms with Crippen molar-refractivity contribution in [2.45, 2.75) is 0 Å². The quantitative estimate of drug-likeness (QED) is 0.387. The Morgan fingerprint density at radius 1 is 1.10 bits per heavy atom. The first-order chi connectivity index (χ1) is 14.0. The van der Waals surface area contributed by atoms with Crippen LogP contribution in [0.25, 0.3) is 16.9 Å². The molecule has 0 radical (unpaired) electrons. The van der Waals surface area contributed by atoms with Gasteiger partial charge in [0, 0.05) is 5.56 Å². The predicted octanol–water partition coefficient (Wildman–Crippen LogP) is 2.01. The van der Waals surface area contributed by atoms with Gasteiger partial charge in [-0.1, -0.05) is 17.3 Å². The number of nitro groups is 1. The lowest BCUT2D eigenvalue weighted by Gasteiger charge is -2.10. The molecule has 0 fully saturated rings. The third kappa shape index (κ3) is 3.41. The summed E-state index contributed by atoms with van der Waals surface area (Å²) in [4.78, 5) is 31.0. The Labute approximate surface area is 161 Å². The van der Waals surface area contributed by atoms with E-state index in [1.165, 1.54) is 16.8 Å². The molecule has 29 heavy (non-hydrogen) atoms. The maximum Gasteiger partial charge on any atom is 0.357 e. The van der Waals surface area contributed by atoms with Gasteiger partial charge >= 0.3 is 5.69 Å². The van der Waals surface area contributed by atoms with E-state index in [1.54, 1.807) is 24.3 Å². The number of anilines is 1. The molecular weight excluding hydrogens is 383 g/mol. The summed E-state index contributed by atoms with van der Waals surface area (Å²) in [5.41, 5.74) is 5.38. The SMILES string of the molecule is O=C(NNc1ncnc(-n2nnc3ccccc32)c1[N+](=O)[O-])c1ccc(F)cc1. The van der Waals surface area contributed by atoms with Crippen molar-refractivity contribution >= 4 is 28.4 Å². The standard InChI is InChI=1S/C17H11FN8O3/c18-11-7-5-10(6-8-11)17(27)23-22-15-14(26(28)29)16(20-9-19-15)25-13-4-2-1-3-12(13)21-24-25/h1-9H,(H,23,27)(H,19,20,22). The number of hydrazine groups is 1. The van der Waals surface area contributed by atoms with Gasteiger partial charge in [-0.05, 0) is 36.4 Å². The Bertz CT molecular complexity index is 1230. The number of amides is 1. The minimum atomic E-state index is -0.696. The average molecular weight is 394 g/mol. The highest BCUT2D eigenvalue weighted by atomic mass is 19.1. The first kappa shape index (κ1) is 17.9. The van der Waals surface area contributed by atoms with Crippen LogP contribution in [0.15, 0.2) is 54.9 Å². The van der Waals surface area contributed by atoms with Gasteiger partial charge in [-0.25, -0.2) is 14.4 Å². The number of nitrogens with one attached hydrogen (secondary N) is 2. The average Bonchev–Trinajstić information content (AvgIpc) is 3.16. The van der Waals surface area contributed by atoms with Crippen molar-refractivity contribution in [1.29, 1.82) is 0 Å². The molecule has 0 aliphatic rings. The van der Waals surface area contributed by atoms with E-state index in [-0.39, 0.29) is 17.2 Å². The van der Waals surface area contributed by atoms with Crippen molar-refractivity contribution in [3.8, 4) is 5.82 Å². The number of carbonyl (C=O) groups excluding carboxylic acids is 1. The Morgan fingerprint density at radius 3 is 2.62 bits per heavy atom. The maximum absolute atomic E-state index is 13.0. The second kappa shape index (κ2) is 7.26. The molecular formula is C17H11FN8O3. The van der Waals surface area contributed by atoms with Crippen LogP contribution in [0, 0.1) is 15.9 Å². The van der Waals surface area contributed by atoms with Gasteiger partial charge < -0.3 is 0 Å². The lowest BCUT2D eigenvalue weighted by Crippen LogP contribution is -2.30. The molecule has 1 amide bonds. The third-order valence-electron chi connectivity index (χ3n) is 3.94. The summed E-state index contributed by atoms with van der Waals surface area (Å²) in [6.07, 6.45) is 1.09. The summed E-state index contributed by atoms with van der Waals surface area (Å²) in [6.45, 7) is 0. The Morgan fingerprint density at radius 2 is 1.86 bits per heavy atom. The fraction of sp³-hybridized carbons (Fsp3) is 0. The van der Waals surface area contributed by atoms with Gasteiger partial charge in [0.1, 0.15) is 17.7 Å². The second-order valence-electron chi connectivity index (χ2n) is 5.73. The number of rotatable bonds is 5. The summed E-state index contributed by atoms with van der Waals surface area (Å²) in [6, 6.07) is 11.7. The summed E-state index contributed by atoms with van der Waals surface area (Å²) < 4.78 is 14.2. The lowest BCUT2D eigenvalue weighted by molar-refractivity contribution is -0.384. The number of nitrogens with zero attached hydrogens (tertiary/aromatic N) is 6. The molecule has 2 heterocycles. The number of hydrogen-bond donors (Lipinski definition) is 2. The molecule has 2 N–H and O–H groups in total. The van der Waals surface area contributed by atoms with E-state index in [0.717, 1.165) is 18.5 Å². The Balaban J connectivity index is 1.68. The zero-order chi connectivity index (χ0) is 20.4. The molecule has 2 aromatic heterocycles. The van der Waals surface area contributed by atoms with Crippen molar-refractivity contribution in [3.05, 3.63) is 76.4 Å². The Hall–Kier alpha value is -4.48. The molecule has 0 aliphatic carbocycles. The maximum atomic E-state index is 13.0. The van der Waals surface area contributed by atoms with E-state index in [4.69, 9.17) is 0 Å². The van der Waals surface area contributed by atoms with Crippen LogP contribution in [-0.4, -0.2) is 35.8 Å². The number of aromatic nitrogens is 5. The summed E-state index contributed by atoms with van der Waals surface area (Å²) >= 11 is 0. The van der Waals surface area contributed by atoms with Crippen molar-refractivity contribution in [2.24, 2.45) is 0 Å². The van der Waals surface area contributed by atoms with Crippen LogP contribution in [0.1, 0.15) is 10.4 Å². The van der Waals surface area contributed by atoms with Gasteiger partial charge in [-0.2, -0.15) is 4.68 Å². The molecule has 4 rings (SSSR count). The summed E-state index contributed by atoms with van der Waals surface area (Å²) in [7, 11) is 0. The van der Waals surface area contributed by atoms with Crippen LogP contribution in [0.5, 0.6) is 0 Å². The van der Waals surface area contributed by atoms with Gasteiger partial charge in [0.05, 0.1) is 10.4 Å². The molecule has 11 nitrogen and oxygen atoms in total. The van der Waals surface area contributed by atoms with Crippen molar-refractivity contribution in [3.63, 3.8) is 0 Å². The van der Waals surface area contributed by atoms with E-state index in [2.05, 4.69) is 31.1 Å². The van der Waals surface area contributed by atoms with E-state index < -0.39 is 22.3 Å². The smallest absolute Gasteiger partial charge is 0.276 e. The van der Waals surface area contributed by atoms with Crippen LogP contribution in [-0.2, 0) is 0 Å². The van der Waals surface area contributed by atoms with Crippen LogP contribution >= 0.6 is 0 Å². The number of benzene rings is 2. The monoisotopic (exact) mass is 394 g/mol. The molecule has 2 aromatic carbocycles. The van der Waals surface area contributed by atoms with Gasteiger partial charge in [0.25, 0.3) is 5.91 Å². The third-order valence-corrected chi connectivity index (χ3v) is 3.94. The minimum Gasteiger partial charge on any atom is -0.276 e. The molecule has 0 bridgehead atoms. The number of halogens is 1. The van der Waals surface area contributed by atoms with Crippen LogP contribution in [0.2, 0.25) is 0 Å². The van der Waals surface area contributed by atoms with Gasteiger partial charge in [-0.15, -0.1) is 5.10 Å². The van der Waals surface area contributed by atoms with Gasteiger partial charge in [-0.3, -0.25) is 25.8 Å². The highest BCUT2D eigenvalue weighted by Gasteiger charge is 2.26. The molecule has 0 spiro atoms. The van der Waals surface area contributed by atoms with Gasteiger partial charge in [0.15, 0.2) is 0 Å². The molecule has 0 saturated heterocycles. The topological polar surface area (TPSA) is 141 Å². The minimum absolute atomic E-state index is 0.128. The van der Waals surface area contributed by atoms with Crippen molar-refractivity contribution in [2.75, 3.05) is 5.43 Å². The molecule has 12 heteroatoms. The molecule has 0 aliphatic heterocycles. The molecule has 0 atom stereocenters. The second-order valence-corrected chi connectivity index (χ2v) is 5.73. The lowest BCUT2D eigenvalue weighted by atomic mass is 10.2. The number of carbonyl (C=O) groups is 1. The normalized spacial score (nSPS) is 10.7. The highest BCUT2D eigenvalue weighted by molar-refractivity contribution is 5.95. The van der Waals surface area contributed by atoms with Crippen molar-refractivity contribution in [1.82, 2.24) is 30.4 Å². The van der Waals surface area contributed by atoms with Crippen LogP contribution in [0.4, 0.5) is 15.9 Å². The fourth-order valence-corrected chi connectivity index (χ4v) is 2.60. The number of fused-ring (bicyclic) bond motifs is 1. The van der Waals surface area contributed by atoms with Gasteiger partial charge in [0.2, 0.25) is 11.6 Å². The molecule has 4 aromatic rings. The Kier molecular flexibility index (Phi) is 4.49. The molecule has 0 saturated carbocycles.